The maximum absolute atomic E-state index is 13.0. The molecule has 8 nitrogen and oxygen atoms in total. The lowest BCUT2D eigenvalue weighted by atomic mass is 9.98. The number of benzene rings is 3. The summed E-state index contributed by atoms with van der Waals surface area (Å²) in [5.74, 6) is -1.55. The van der Waals surface area contributed by atoms with Crippen LogP contribution in [0.1, 0.15) is 35.2 Å². The summed E-state index contributed by atoms with van der Waals surface area (Å²) in [5, 5.41) is 20.1. The van der Waals surface area contributed by atoms with Crippen molar-refractivity contribution in [3.05, 3.63) is 102 Å². The van der Waals surface area contributed by atoms with Gasteiger partial charge in [0, 0.05) is 10.5 Å². The minimum absolute atomic E-state index is 0.176. The fraction of sp³-hybridized carbons (Fsp3) is 0.323. The second-order valence-corrected chi connectivity index (χ2v) is 11.1. The second-order valence-electron chi connectivity index (χ2n) is 9.70. The number of ether oxygens (including phenoxy) is 1. The lowest BCUT2D eigenvalue weighted by Gasteiger charge is -2.26. The van der Waals surface area contributed by atoms with Gasteiger partial charge in [-0.3, -0.25) is 14.9 Å². The van der Waals surface area contributed by atoms with E-state index < -0.39 is 29.0 Å². The molecule has 9 heteroatoms. The highest BCUT2D eigenvalue weighted by molar-refractivity contribution is 8.01. The molecule has 1 saturated heterocycles. The number of aliphatic hydroxyl groups excluding tert-OH is 1. The van der Waals surface area contributed by atoms with Gasteiger partial charge in [-0.15, -0.1) is 0 Å². The smallest absolute Gasteiger partial charge is 0.344 e. The van der Waals surface area contributed by atoms with E-state index in [1.54, 1.807) is 24.3 Å². The van der Waals surface area contributed by atoms with Gasteiger partial charge in [0.1, 0.15) is 0 Å². The van der Waals surface area contributed by atoms with Crippen molar-refractivity contribution in [1.82, 2.24) is 16.0 Å². The molecule has 0 saturated carbocycles. The minimum atomic E-state index is -0.991. The van der Waals surface area contributed by atoms with Crippen molar-refractivity contribution in [3.8, 4) is 0 Å². The Morgan fingerprint density at radius 2 is 1.60 bits per heavy atom. The van der Waals surface area contributed by atoms with E-state index in [2.05, 4.69) is 16.0 Å². The van der Waals surface area contributed by atoms with Gasteiger partial charge in [-0.25, -0.2) is 4.79 Å². The fourth-order valence-electron chi connectivity index (χ4n) is 4.56. The molecule has 1 amide bonds. The third-order valence-electron chi connectivity index (χ3n) is 6.69. The molecule has 1 aliphatic rings. The molecule has 0 spiro atoms. The predicted octanol–water partition coefficient (Wildman–Crippen LogP) is 3.31. The summed E-state index contributed by atoms with van der Waals surface area (Å²) < 4.78 is 5.20. The summed E-state index contributed by atoms with van der Waals surface area (Å²) in [6, 6.07) is 27.5. The molecule has 1 aliphatic heterocycles. The summed E-state index contributed by atoms with van der Waals surface area (Å²) in [6.45, 7) is 0.785. The molecule has 1 fully saturated rings. The normalized spacial score (nSPS) is 18.0. The van der Waals surface area contributed by atoms with Crippen molar-refractivity contribution >= 4 is 29.6 Å². The van der Waals surface area contributed by atoms with Crippen molar-refractivity contribution in [2.75, 3.05) is 19.6 Å². The Morgan fingerprint density at radius 1 is 0.950 bits per heavy atom. The summed E-state index contributed by atoms with van der Waals surface area (Å²) in [7, 11) is 0. The third kappa shape index (κ3) is 8.50. The van der Waals surface area contributed by atoms with E-state index in [0.29, 0.717) is 31.5 Å². The first-order valence-electron chi connectivity index (χ1n) is 13.5. The van der Waals surface area contributed by atoms with Crippen LogP contribution in [0.4, 0.5) is 0 Å². The zero-order valence-corrected chi connectivity index (χ0v) is 23.1. The zero-order chi connectivity index (χ0) is 28.2. The molecule has 4 N–H and O–H groups in total. The molecule has 4 rings (SSSR count). The fourth-order valence-corrected chi connectivity index (χ4v) is 5.81. The molecule has 210 valence electrons. The largest absolute Gasteiger partial charge is 0.391 e. The first-order valence-corrected chi connectivity index (χ1v) is 14.3. The lowest BCUT2D eigenvalue weighted by Crippen LogP contribution is -2.47. The quantitative estimate of drug-likeness (QED) is 0.143. The van der Waals surface area contributed by atoms with Crippen LogP contribution in [0.15, 0.2) is 95.9 Å². The number of hydrogen-bond acceptors (Lipinski definition) is 8. The van der Waals surface area contributed by atoms with Crippen molar-refractivity contribution in [2.24, 2.45) is 0 Å². The van der Waals surface area contributed by atoms with E-state index in [-0.39, 0.29) is 18.9 Å². The van der Waals surface area contributed by atoms with Gasteiger partial charge in [-0.2, -0.15) is 0 Å². The number of hydrogen-bond donors (Lipinski definition) is 4. The van der Waals surface area contributed by atoms with Gasteiger partial charge in [-0.05, 0) is 68.6 Å². The number of aliphatic hydroxyl groups is 1. The van der Waals surface area contributed by atoms with Crippen LogP contribution in [-0.4, -0.2) is 59.6 Å². The number of rotatable bonds is 13. The van der Waals surface area contributed by atoms with Gasteiger partial charge in [0.15, 0.2) is 4.87 Å². The van der Waals surface area contributed by atoms with Gasteiger partial charge in [0.2, 0.25) is 0 Å². The maximum Gasteiger partial charge on any atom is 0.344 e. The molecule has 0 aliphatic carbocycles. The minimum Gasteiger partial charge on any atom is -0.391 e. The van der Waals surface area contributed by atoms with Crippen molar-refractivity contribution in [2.45, 2.75) is 47.6 Å². The van der Waals surface area contributed by atoms with Crippen LogP contribution in [0.2, 0.25) is 0 Å². The Kier molecular flexibility index (Phi) is 10.9. The molecular formula is C31H35N3O5S. The molecule has 0 aromatic heterocycles. The number of carbonyl (C=O) groups excluding carboxylic acids is 3. The van der Waals surface area contributed by atoms with E-state index in [4.69, 9.17) is 4.74 Å². The van der Waals surface area contributed by atoms with E-state index in [1.165, 1.54) is 11.8 Å². The highest BCUT2D eigenvalue weighted by Crippen LogP contribution is 2.38. The summed E-state index contributed by atoms with van der Waals surface area (Å²) in [4.78, 5) is 38.1. The first kappa shape index (κ1) is 29.5. The zero-order valence-electron chi connectivity index (χ0n) is 22.3. The van der Waals surface area contributed by atoms with Gasteiger partial charge in [0.25, 0.3) is 5.91 Å². The van der Waals surface area contributed by atoms with E-state index in [1.807, 2.05) is 66.7 Å². The first-order chi connectivity index (χ1) is 19.4. The van der Waals surface area contributed by atoms with Crippen LogP contribution in [-0.2, 0) is 20.7 Å². The predicted molar refractivity (Wildman–Crippen MR) is 155 cm³/mol. The highest BCUT2D eigenvalue weighted by atomic mass is 32.2. The van der Waals surface area contributed by atoms with E-state index >= 15 is 0 Å². The standard InChI is InChI=1S/C31H35N3O5S/c35-27(26(21-23-11-4-1-5-12-23)34-29(37)24-13-6-2-7-14-24)17-20-32-22-28(36)39-30(38)31(18-10-19-33-31)40-25-15-8-3-9-16-25/h1-9,11-16,26-27,32-33,35H,10,17-22H2,(H,34,37)/t26?,27?,31-/m0/s1. The van der Waals surface area contributed by atoms with Crippen LogP contribution in [0, 0.1) is 0 Å². The SMILES string of the molecule is O=C(CNCCC(O)C(Cc1ccccc1)NC(=O)c1ccccc1)OC(=O)[C@@]1(Sc2ccccc2)CCCN1. The molecule has 40 heavy (non-hydrogen) atoms. The van der Waals surface area contributed by atoms with Crippen LogP contribution in [0.3, 0.4) is 0 Å². The van der Waals surface area contributed by atoms with Gasteiger partial charge in [-0.1, -0.05) is 78.5 Å². The topological polar surface area (TPSA) is 117 Å². The molecule has 3 aromatic carbocycles. The van der Waals surface area contributed by atoms with E-state index in [9.17, 15) is 19.5 Å². The molecular weight excluding hydrogens is 526 g/mol. The lowest BCUT2D eigenvalue weighted by molar-refractivity contribution is -0.161. The van der Waals surface area contributed by atoms with Crippen LogP contribution < -0.4 is 16.0 Å². The highest BCUT2D eigenvalue weighted by Gasteiger charge is 2.44. The monoisotopic (exact) mass is 561 g/mol. The molecule has 0 bridgehead atoms. The van der Waals surface area contributed by atoms with Crippen molar-refractivity contribution in [1.29, 1.82) is 0 Å². The van der Waals surface area contributed by atoms with Gasteiger partial charge < -0.3 is 20.5 Å². The Morgan fingerprint density at radius 3 is 2.25 bits per heavy atom. The van der Waals surface area contributed by atoms with E-state index in [0.717, 1.165) is 16.9 Å². The molecule has 3 aromatic rings. The number of amides is 1. The number of thioether (sulfide) groups is 1. The Labute approximate surface area is 238 Å². The number of esters is 2. The molecule has 0 radical (unpaired) electrons. The molecule has 2 unspecified atom stereocenters. The summed E-state index contributed by atoms with van der Waals surface area (Å²) in [6.07, 6.45) is 1.24. The average molecular weight is 562 g/mol. The van der Waals surface area contributed by atoms with Crippen LogP contribution >= 0.6 is 11.8 Å². The maximum atomic E-state index is 13.0. The van der Waals surface area contributed by atoms with Gasteiger partial charge >= 0.3 is 11.9 Å². The summed E-state index contributed by atoms with van der Waals surface area (Å²) >= 11 is 1.36. The molecule has 3 atom stereocenters. The molecule has 1 heterocycles. The Hall–Kier alpha value is -3.50. The van der Waals surface area contributed by atoms with Crippen molar-refractivity contribution in [3.63, 3.8) is 0 Å². The van der Waals surface area contributed by atoms with Crippen LogP contribution in [0.25, 0.3) is 0 Å². The number of nitrogens with one attached hydrogen (secondary N) is 3. The second kappa shape index (κ2) is 14.8. The van der Waals surface area contributed by atoms with Crippen molar-refractivity contribution < 1.29 is 24.2 Å². The summed E-state index contributed by atoms with van der Waals surface area (Å²) in [5.41, 5.74) is 1.50. The third-order valence-corrected chi connectivity index (χ3v) is 8.06. The number of carbonyl (C=O) groups is 3. The Balaban J connectivity index is 1.27. The average Bonchev–Trinajstić information content (AvgIpc) is 3.46. The van der Waals surface area contributed by atoms with Gasteiger partial charge in [0.05, 0.1) is 18.7 Å². The van der Waals surface area contributed by atoms with Crippen LogP contribution in [0.5, 0.6) is 0 Å². The Bertz CT molecular complexity index is 1240.